The van der Waals surface area contributed by atoms with Crippen LogP contribution in [0.4, 0.5) is 5.69 Å². The van der Waals surface area contributed by atoms with Crippen molar-refractivity contribution in [3.8, 4) is 11.5 Å². The van der Waals surface area contributed by atoms with Gasteiger partial charge < -0.3 is 14.8 Å². The summed E-state index contributed by atoms with van der Waals surface area (Å²) in [7, 11) is 3.16. The number of anilines is 1. The first-order valence-corrected chi connectivity index (χ1v) is 6.59. The van der Waals surface area contributed by atoms with Crippen LogP contribution in [-0.2, 0) is 6.54 Å². The highest BCUT2D eigenvalue weighted by molar-refractivity contribution is 6.32. The van der Waals surface area contributed by atoms with Crippen LogP contribution in [0.1, 0.15) is 11.3 Å². The highest BCUT2D eigenvalue weighted by Crippen LogP contribution is 2.36. The van der Waals surface area contributed by atoms with Gasteiger partial charge in [-0.05, 0) is 36.8 Å². The number of hydrogen-bond donors (Lipinski definition) is 1. The van der Waals surface area contributed by atoms with Gasteiger partial charge in [0.05, 0.1) is 30.6 Å². The Morgan fingerprint density at radius 3 is 2.70 bits per heavy atom. The molecule has 5 heteroatoms. The molecule has 0 bridgehead atoms. The summed E-state index contributed by atoms with van der Waals surface area (Å²) < 4.78 is 10.5. The molecule has 0 aliphatic carbocycles. The summed E-state index contributed by atoms with van der Waals surface area (Å²) in [6.45, 7) is 2.59. The predicted octanol–water partition coefficient (Wildman–Crippen LogP) is 3.67. The third-order valence-electron chi connectivity index (χ3n) is 2.98. The fourth-order valence-corrected chi connectivity index (χ4v) is 2.25. The minimum atomic E-state index is 0.534. The standard InChI is InChI=1S/C15H17ClN2O2/c1-10-13(5-4-6-17-10)18-9-11-7-12(16)15(20-3)14(8-11)19-2/h4-8,18H,9H2,1-3H3. The summed E-state index contributed by atoms with van der Waals surface area (Å²) in [5, 5.41) is 3.86. The molecule has 0 atom stereocenters. The number of benzene rings is 1. The van der Waals surface area contributed by atoms with Gasteiger partial charge in [0.15, 0.2) is 11.5 Å². The Morgan fingerprint density at radius 1 is 1.25 bits per heavy atom. The molecule has 0 radical (unpaired) electrons. The van der Waals surface area contributed by atoms with E-state index < -0.39 is 0 Å². The molecular weight excluding hydrogens is 276 g/mol. The Balaban J connectivity index is 2.18. The third kappa shape index (κ3) is 3.14. The number of hydrogen-bond acceptors (Lipinski definition) is 4. The van der Waals surface area contributed by atoms with Crippen molar-refractivity contribution in [1.82, 2.24) is 4.98 Å². The van der Waals surface area contributed by atoms with Crippen LogP contribution in [0.2, 0.25) is 5.02 Å². The molecular formula is C15H17ClN2O2. The van der Waals surface area contributed by atoms with Gasteiger partial charge in [0.25, 0.3) is 0 Å². The third-order valence-corrected chi connectivity index (χ3v) is 3.26. The lowest BCUT2D eigenvalue weighted by atomic mass is 10.2. The van der Waals surface area contributed by atoms with E-state index in [1.165, 1.54) is 0 Å². The molecule has 1 aromatic heterocycles. The van der Waals surface area contributed by atoms with E-state index in [9.17, 15) is 0 Å². The first-order chi connectivity index (χ1) is 9.65. The van der Waals surface area contributed by atoms with Crippen molar-refractivity contribution in [1.29, 1.82) is 0 Å². The second-order valence-electron chi connectivity index (χ2n) is 4.30. The van der Waals surface area contributed by atoms with E-state index in [4.69, 9.17) is 21.1 Å². The number of aromatic nitrogens is 1. The van der Waals surface area contributed by atoms with E-state index in [0.29, 0.717) is 23.1 Å². The molecule has 1 heterocycles. The Bertz CT molecular complexity index is 602. The van der Waals surface area contributed by atoms with Crippen LogP contribution in [0.3, 0.4) is 0 Å². The Kier molecular flexibility index (Phi) is 4.69. The van der Waals surface area contributed by atoms with Gasteiger partial charge in [-0.1, -0.05) is 11.6 Å². The fraction of sp³-hybridized carbons (Fsp3) is 0.267. The number of aryl methyl sites for hydroxylation is 1. The van der Waals surface area contributed by atoms with Crippen molar-refractivity contribution in [3.05, 3.63) is 46.7 Å². The van der Waals surface area contributed by atoms with Gasteiger partial charge in [0, 0.05) is 12.7 Å². The molecule has 0 aliphatic heterocycles. The maximum atomic E-state index is 6.18. The normalized spacial score (nSPS) is 10.2. The van der Waals surface area contributed by atoms with Gasteiger partial charge in [-0.15, -0.1) is 0 Å². The van der Waals surface area contributed by atoms with Gasteiger partial charge in [0.1, 0.15) is 0 Å². The number of ether oxygens (including phenoxy) is 2. The van der Waals surface area contributed by atoms with E-state index in [2.05, 4.69) is 10.3 Å². The molecule has 0 saturated heterocycles. The van der Waals surface area contributed by atoms with Crippen molar-refractivity contribution in [2.45, 2.75) is 13.5 Å². The number of nitrogens with one attached hydrogen (secondary N) is 1. The van der Waals surface area contributed by atoms with Crippen LogP contribution in [0.25, 0.3) is 0 Å². The molecule has 0 saturated carbocycles. The van der Waals surface area contributed by atoms with Crippen molar-refractivity contribution in [3.63, 3.8) is 0 Å². The minimum Gasteiger partial charge on any atom is -0.493 e. The second-order valence-corrected chi connectivity index (χ2v) is 4.71. The molecule has 2 rings (SSSR count). The van der Waals surface area contributed by atoms with Gasteiger partial charge in [-0.3, -0.25) is 4.98 Å². The number of nitrogens with zero attached hydrogens (tertiary/aromatic N) is 1. The van der Waals surface area contributed by atoms with Crippen LogP contribution >= 0.6 is 11.6 Å². The van der Waals surface area contributed by atoms with Crippen molar-refractivity contribution >= 4 is 17.3 Å². The Morgan fingerprint density at radius 2 is 2.05 bits per heavy atom. The van der Waals surface area contributed by atoms with E-state index >= 15 is 0 Å². The van der Waals surface area contributed by atoms with E-state index in [1.54, 1.807) is 20.4 Å². The molecule has 20 heavy (non-hydrogen) atoms. The lowest BCUT2D eigenvalue weighted by molar-refractivity contribution is 0.355. The van der Waals surface area contributed by atoms with Crippen molar-refractivity contribution in [2.24, 2.45) is 0 Å². The monoisotopic (exact) mass is 292 g/mol. The van der Waals surface area contributed by atoms with E-state index in [1.807, 2.05) is 31.2 Å². The van der Waals surface area contributed by atoms with Crippen LogP contribution in [0.15, 0.2) is 30.5 Å². The second kappa shape index (κ2) is 6.48. The number of rotatable bonds is 5. The predicted molar refractivity (Wildman–Crippen MR) is 80.9 cm³/mol. The first kappa shape index (κ1) is 14.5. The molecule has 2 aromatic rings. The van der Waals surface area contributed by atoms with Crippen molar-refractivity contribution < 1.29 is 9.47 Å². The highest BCUT2D eigenvalue weighted by Gasteiger charge is 2.10. The topological polar surface area (TPSA) is 43.4 Å². The Hall–Kier alpha value is -1.94. The zero-order valence-corrected chi connectivity index (χ0v) is 12.5. The quantitative estimate of drug-likeness (QED) is 0.913. The van der Waals surface area contributed by atoms with Gasteiger partial charge in [-0.25, -0.2) is 0 Å². The van der Waals surface area contributed by atoms with E-state index in [-0.39, 0.29) is 0 Å². The molecule has 0 aliphatic rings. The molecule has 0 unspecified atom stereocenters. The molecule has 0 fully saturated rings. The zero-order chi connectivity index (χ0) is 14.5. The van der Waals surface area contributed by atoms with Crippen LogP contribution < -0.4 is 14.8 Å². The SMILES string of the molecule is COc1cc(CNc2cccnc2C)cc(Cl)c1OC. The largest absolute Gasteiger partial charge is 0.493 e. The molecule has 4 nitrogen and oxygen atoms in total. The smallest absolute Gasteiger partial charge is 0.179 e. The maximum absolute atomic E-state index is 6.18. The van der Waals surface area contributed by atoms with Gasteiger partial charge in [0.2, 0.25) is 0 Å². The number of halogens is 1. The molecule has 1 aromatic carbocycles. The molecule has 1 N–H and O–H groups in total. The lowest BCUT2D eigenvalue weighted by Crippen LogP contribution is -2.03. The first-order valence-electron chi connectivity index (χ1n) is 6.21. The summed E-state index contributed by atoms with van der Waals surface area (Å²) in [6, 6.07) is 7.66. The van der Waals surface area contributed by atoms with Crippen LogP contribution in [0, 0.1) is 6.92 Å². The lowest BCUT2D eigenvalue weighted by Gasteiger charge is -2.13. The van der Waals surface area contributed by atoms with Crippen molar-refractivity contribution in [2.75, 3.05) is 19.5 Å². The van der Waals surface area contributed by atoms with Gasteiger partial charge >= 0.3 is 0 Å². The van der Waals surface area contributed by atoms with E-state index in [0.717, 1.165) is 16.9 Å². The summed E-state index contributed by atoms with van der Waals surface area (Å²) in [5.74, 6) is 1.18. The van der Waals surface area contributed by atoms with Gasteiger partial charge in [-0.2, -0.15) is 0 Å². The van der Waals surface area contributed by atoms with Crippen LogP contribution in [0.5, 0.6) is 11.5 Å². The maximum Gasteiger partial charge on any atom is 0.179 e. The number of pyridine rings is 1. The highest BCUT2D eigenvalue weighted by atomic mass is 35.5. The summed E-state index contributed by atoms with van der Waals surface area (Å²) in [5.41, 5.74) is 2.97. The summed E-state index contributed by atoms with van der Waals surface area (Å²) in [4.78, 5) is 4.24. The minimum absolute atomic E-state index is 0.534. The Labute approximate surface area is 123 Å². The molecule has 0 spiro atoms. The summed E-state index contributed by atoms with van der Waals surface area (Å²) >= 11 is 6.18. The molecule has 0 amide bonds. The average Bonchev–Trinajstić information content (AvgIpc) is 2.45. The zero-order valence-electron chi connectivity index (χ0n) is 11.7. The molecule has 106 valence electrons. The fourth-order valence-electron chi connectivity index (χ4n) is 1.94. The number of methoxy groups -OCH3 is 2. The summed E-state index contributed by atoms with van der Waals surface area (Å²) in [6.07, 6.45) is 1.77. The average molecular weight is 293 g/mol. The van der Waals surface area contributed by atoms with Crippen LogP contribution in [-0.4, -0.2) is 19.2 Å².